The summed E-state index contributed by atoms with van der Waals surface area (Å²) in [6, 6.07) is 5.53. The number of halogens is 1. The lowest BCUT2D eigenvalue weighted by Gasteiger charge is -2.08. The van der Waals surface area contributed by atoms with E-state index in [0.717, 1.165) is 27.6 Å². The minimum Gasteiger partial charge on any atom is -0.311 e. The number of aromatic nitrogens is 2. The van der Waals surface area contributed by atoms with Crippen molar-refractivity contribution in [1.82, 2.24) is 9.38 Å². The molecule has 3 heterocycles. The van der Waals surface area contributed by atoms with Crippen LogP contribution in [0.2, 0.25) is 5.02 Å². The van der Waals surface area contributed by atoms with Crippen LogP contribution in [0.15, 0.2) is 24.4 Å². The number of benzene rings is 1. The number of likely N-dealkylation sites (N-methyl/N-ethyl adjacent to an activating group) is 1. The van der Waals surface area contributed by atoms with Crippen LogP contribution in [0.1, 0.15) is 21.8 Å². The number of carbonyl (C=O) groups excluding carboxylic acids is 1. The van der Waals surface area contributed by atoms with E-state index in [0.29, 0.717) is 10.6 Å². The van der Waals surface area contributed by atoms with Gasteiger partial charge in [0.05, 0.1) is 22.6 Å². The van der Waals surface area contributed by atoms with Gasteiger partial charge in [-0.05, 0) is 38.1 Å². The zero-order chi connectivity index (χ0) is 16.3. The number of fused-ring (bicyclic) bond motifs is 2. The van der Waals surface area contributed by atoms with Crippen molar-refractivity contribution in [3.8, 4) is 0 Å². The zero-order valence-corrected chi connectivity index (χ0v) is 14.5. The number of nitrogens with zero attached hydrogens (tertiary/aromatic N) is 3. The van der Waals surface area contributed by atoms with Crippen LogP contribution in [-0.2, 0) is 4.79 Å². The largest absolute Gasteiger partial charge is 0.311 e. The summed E-state index contributed by atoms with van der Waals surface area (Å²) < 4.78 is 2.04. The second-order valence-corrected chi connectivity index (χ2v) is 7.31. The van der Waals surface area contributed by atoms with Crippen molar-refractivity contribution in [1.29, 1.82) is 0 Å². The van der Waals surface area contributed by atoms with Crippen LogP contribution < -0.4 is 4.90 Å². The lowest BCUT2D eigenvalue weighted by atomic mass is 10.1. The second kappa shape index (κ2) is 4.94. The SMILES string of the molecule is Cc1cn2c(/C=C3\C(=O)N(C)c4ccc(Cl)cc43)c(C)nc2s1. The van der Waals surface area contributed by atoms with E-state index in [4.69, 9.17) is 11.6 Å². The molecule has 4 rings (SSSR count). The van der Waals surface area contributed by atoms with Crippen LogP contribution in [0.4, 0.5) is 5.69 Å². The number of carbonyl (C=O) groups is 1. The molecule has 0 atom stereocenters. The molecule has 0 fully saturated rings. The number of aryl methyl sites for hydroxylation is 2. The van der Waals surface area contributed by atoms with Crippen LogP contribution in [0.5, 0.6) is 0 Å². The normalized spacial score (nSPS) is 15.9. The van der Waals surface area contributed by atoms with Gasteiger partial charge in [-0.25, -0.2) is 4.98 Å². The molecule has 1 aliphatic rings. The van der Waals surface area contributed by atoms with E-state index in [9.17, 15) is 4.79 Å². The van der Waals surface area contributed by atoms with Gasteiger partial charge >= 0.3 is 0 Å². The molecule has 0 saturated carbocycles. The van der Waals surface area contributed by atoms with Crippen molar-refractivity contribution in [2.24, 2.45) is 0 Å². The predicted octanol–water partition coefficient (Wildman–Crippen LogP) is 4.18. The van der Waals surface area contributed by atoms with E-state index in [1.165, 1.54) is 4.88 Å². The Morgan fingerprint density at radius 2 is 2.09 bits per heavy atom. The van der Waals surface area contributed by atoms with E-state index >= 15 is 0 Å². The fraction of sp³-hybridized carbons (Fsp3) is 0.176. The highest BCUT2D eigenvalue weighted by atomic mass is 35.5. The maximum Gasteiger partial charge on any atom is 0.258 e. The number of amides is 1. The highest BCUT2D eigenvalue weighted by Gasteiger charge is 2.30. The van der Waals surface area contributed by atoms with E-state index < -0.39 is 0 Å². The number of thiazole rings is 1. The molecular weight excluding hydrogens is 330 g/mol. The van der Waals surface area contributed by atoms with Crippen LogP contribution in [0, 0.1) is 13.8 Å². The topological polar surface area (TPSA) is 37.6 Å². The molecule has 0 spiro atoms. The van der Waals surface area contributed by atoms with Gasteiger partial charge in [0.2, 0.25) is 0 Å². The molecule has 23 heavy (non-hydrogen) atoms. The molecule has 0 aliphatic carbocycles. The maximum absolute atomic E-state index is 12.6. The van der Waals surface area contributed by atoms with Crippen molar-refractivity contribution >= 4 is 51.1 Å². The van der Waals surface area contributed by atoms with E-state index in [1.807, 2.05) is 29.5 Å². The molecule has 0 unspecified atom stereocenters. The van der Waals surface area contributed by atoms with Gasteiger partial charge in [0.15, 0.2) is 4.96 Å². The van der Waals surface area contributed by atoms with E-state index in [2.05, 4.69) is 18.1 Å². The van der Waals surface area contributed by atoms with Gasteiger partial charge in [0.1, 0.15) is 0 Å². The van der Waals surface area contributed by atoms with Gasteiger partial charge in [-0.1, -0.05) is 11.6 Å². The Bertz CT molecular complexity index is 999. The Kier molecular flexibility index (Phi) is 3.11. The molecule has 2 aromatic heterocycles. The van der Waals surface area contributed by atoms with Gasteiger partial charge in [-0.2, -0.15) is 0 Å². The van der Waals surface area contributed by atoms with Crippen LogP contribution in [0.25, 0.3) is 16.6 Å². The monoisotopic (exact) mass is 343 g/mol. The average molecular weight is 344 g/mol. The molecule has 0 radical (unpaired) electrons. The zero-order valence-electron chi connectivity index (χ0n) is 12.9. The fourth-order valence-electron chi connectivity index (χ4n) is 2.95. The Balaban J connectivity index is 1.96. The third kappa shape index (κ3) is 2.11. The molecule has 4 nitrogen and oxygen atoms in total. The minimum atomic E-state index is -0.0245. The summed E-state index contributed by atoms with van der Waals surface area (Å²) >= 11 is 7.76. The molecule has 6 heteroatoms. The third-order valence-corrected chi connectivity index (χ3v) is 5.22. The first-order valence-electron chi connectivity index (χ1n) is 7.20. The van der Waals surface area contributed by atoms with Crippen LogP contribution >= 0.6 is 22.9 Å². The summed E-state index contributed by atoms with van der Waals surface area (Å²) in [5.41, 5.74) is 4.25. The summed E-state index contributed by atoms with van der Waals surface area (Å²) in [5.74, 6) is -0.0245. The number of rotatable bonds is 1. The van der Waals surface area contributed by atoms with Crippen molar-refractivity contribution in [2.45, 2.75) is 13.8 Å². The van der Waals surface area contributed by atoms with Crippen molar-refractivity contribution in [3.63, 3.8) is 0 Å². The van der Waals surface area contributed by atoms with Gasteiger partial charge in [0.25, 0.3) is 5.91 Å². The Morgan fingerprint density at radius 1 is 1.30 bits per heavy atom. The quantitative estimate of drug-likeness (QED) is 0.621. The summed E-state index contributed by atoms with van der Waals surface area (Å²) in [4.78, 5) is 21.0. The number of anilines is 1. The fourth-order valence-corrected chi connectivity index (χ4v) is 4.00. The van der Waals surface area contributed by atoms with Gasteiger partial charge in [-0.15, -0.1) is 11.3 Å². The molecule has 1 aliphatic heterocycles. The van der Waals surface area contributed by atoms with E-state index in [1.54, 1.807) is 29.4 Å². The highest BCUT2D eigenvalue weighted by molar-refractivity contribution is 7.17. The molecule has 0 bridgehead atoms. The van der Waals surface area contributed by atoms with Gasteiger partial charge in [0, 0.05) is 28.7 Å². The second-order valence-electron chi connectivity index (χ2n) is 5.66. The van der Waals surface area contributed by atoms with Crippen LogP contribution in [0.3, 0.4) is 0 Å². The molecule has 1 aromatic carbocycles. The standard InChI is InChI=1S/C17H14ClN3OS/c1-9-8-21-15(10(2)19-17(21)23-9)7-13-12-6-11(18)4-5-14(12)20(3)16(13)22/h4-8H,1-3H3/b13-7-. The Morgan fingerprint density at radius 3 is 2.87 bits per heavy atom. The number of imidazole rings is 1. The lowest BCUT2D eigenvalue weighted by molar-refractivity contribution is -0.112. The first-order valence-corrected chi connectivity index (χ1v) is 8.40. The summed E-state index contributed by atoms with van der Waals surface area (Å²) in [7, 11) is 1.78. The van der Waals surface area contributed by atoms with E-state index in [-0.39, 0.29) is 5.91 Å². The molecular formula is C17H14ClN3OS. The molecule has 0 saturated heterocycles. The maximum atomic E-state index is 12.6. The highest BCUT2D eigenvalue weighted by Crippen LogP contribution is 2.38. The van der Waals surface area contributed by atoms with Crippen molar-refractivity contribution in [2.75, 3.05) is 11.9 Å². The third-order valence-electron chi connectivity index (χ3n) is 4.09. The summed E-state index contributed by atoms with van der Waals surface area (Å²) in [6.45, 7) is 4.01. The van der Waals surface area contributed by atoms with Gasteiger partial charge < -0.3 is 4.90 Å². The Labute approximate surface area is 142 Å². The Hall–Kier alpha value is -2.11. The first kappa shape index (κ1) is 14.5. The summed E-state index contributed by atoms with van der Waals surface area (Å²) in [5, 5.41) is 0.624. The molecule has 116 valence electrons. The van der Waals surface area contributed by atoms with Crippen molar-refractivity contribution in [3.05, 3.63) is 51.2 Å². The minimum absolute atomic E-state index is 0.0245. The predicted molar refractivity (Wildman–Crippen MR) is 95.3 cm³/mol. The molecule has 3 aromatic rings. The van der Waals surface area contributed by atoms with Crippen LogP contribution in [-0.4, -0.2) is 22.3 Å². The molecule has 0 N–H and O–H groups in total. The lowest BCUT2D eigenvalue weighted by Crippen LogP contribution is -2.20. The van der Waals surface area contributed by atoms with Gasteiger partial charge in [-0.3, -0.25) is 9.20 Å². The van der Waals surface area contributed by atoms with Crippen molar-refractivity contribution < 1.29 is 4.79 Å². The smallest absolute Gasteiger partial charge is 0.258 e. The number of hydrogen-bond acceptors (Lipinski definition) is 3. The number of hydrogen-bond donors (Lipinski definition) is 0. The first-order chi connectivity index (χ1) is 11.0. The summed E-state index contributed by atoms with van der Waals surface area (Å²) in [6.07, 6.45) is 3.97. The average Bonchev–Trinajstić information content (AvgIpc) is 3.06. The molecule has 1 amide bonds.